The molecule has 0 saturated heterocycles. The van der Waals surface area contributed by atoms with E-state index in [0.717, 1.165) is 5.69 Å². The molecule has 0 fully saturated rings. The summed E-state index contributed by atoms with van der Waals surface area (Å²) >= 11 is 0. The van der Waals surface area contributed by atoms with E-state index in [4.69, 9.17) is 10.00 Å². The van der Waals surface area contributed by atoms with Gasteiger partial charge < -0.3 is 14.4 Å². The molecule has 0 bridgehead atoms. The van der Waals surface area contributed by atoms with Crippen molar-refractivity contribution < 1.29 is 14.3 Å². The van der Waals surface area contributed by atoms with Gasteiger partial charge in [0.05, 0.1) is 32.0 Å². The van der Waals surface area contributed by atoms with Gasteiger partial charge in [0.25, 0.3) is 0 Å². The first-order chi connectivity index (χ1) is 9.21. The van der Waals surface area contributed by atoms with Gasteiger partial charge in [0.15, 0.2) is 0 Å². The lowest BCUT2D eigenvalue weighted by Crippen LogP contribution is -2.30. The van der Waals surface area contributed by atoms with Crippen molar-refractivity contribution in [1.82, 2.24) is 4.98 Å². The Kier molecular flexibility index (Phi) is 6.33. The van der Waals surface area contributed by atoms with Gasteiger partial charge in [0, 0.05) is 20.2 Å². The summed E-state index contributed by atoms with van der Waals surface area (Å²) in [6.45, 7) is 1.70. The zero-order valence-electron chi connectivity index (χ0n) is 11.1. The highest BCUT2D eigenvalue weighted by Crippen LogP contribution is 2.13. The van der Waals surface area contributed by atoms with Crippen LogP contribution in [0, 0.1) is 11.3 Å². The molecule has 6 nitrogen and oxygen atoms in total. The van der Waals surface area contributed by atoms with Crippen LogP contribution in [0.1, 0.15) is 12.1 Å². The number of methoxy groups -OCH3 is 2. The van der Waals surface area contributed by atoms with Crippen molar-refractivity contribution >= 4 is 11.7 Å². The monoisotopic (exact) mass is 263 g/mol. The third-order valence-electron chi connectivity index (χ3n) is 2.61. The minimum Gasteiger partial charge on any atom is -0.469 e. The molecular formula is C13H17N3O3. The van der Waals surface area contributed by atoms with E-state index in [1.165, 1.54) is 7.11 Å². The van der Waals surface area contributed by atoms with Crippen molar-refractivity contribution in [3.8, 4) is 6.07 Å². The fourth-order valence-corrected chi connectivity index (χ4v) is 1.54. The highest BCUT2D eigenvalue weighted by Gasteiger charge is 2.10. The SMILES string of the molecule is COCCN(CCC(=O)OC)c1ccc(C#N)nc1. The van der Waals surface area contributed by atoms with Crippen molar-refractivity contribution in [2.75, 3.05) is 38.8 Å². The van der Waals surface area contributed by atoms with E-state index in [1.807, 2.05) is 11.0 Å². The molecule has 1 aromatic heterocycles. The van der Waals surface area contributed by atoms with Gasteiger partial charge in [-0.3, -0.25) is 4.79 Å². The predicted molar refractivity (Wildman–Crippen MR) is 69.7 cm³/mol. The molecule has 0 aliphatic rings. The van der Waals surface area contributed by atoms with E-state index in [2.05, 4.69) is 9.72 Å². The van der Waals surface area contributed by atoms with E-state index in [9.17, 15) is 4.79 Å². The highest BCUT2D eigenvalue weighted by molar-refractivity contribution is 5.70. The second-order valence-electron chi connectivity index (χ2n) is 3.82. The number of hydrogen-bond acceptors (Lipinski definition) is 6. The molecule has 19 heavy (non-hydrogen) atoms. The van der Waals surface area contributed by atoms with Crippen LogP contribution in [0.15, 0.2) is 18.3 Å². The molecule has 0 amide bonds. The Balaban J connectivity index is 2.71. The Morgan fingerprint density at radius 3 is 2.74 bits per heavy atom. The quantitative estimate of drug-likeness (QED) is 0.682. The third-order valence-corrected chi connectivity index (χ3v) is 2.61. The number of nitrogens with zero attached hydrogens (tertiary/aromatic N) is 3. The minimum absolute atomic E-state index is 0.260. The average molecular weight is 263 g/mol. The summed E-state index contributed by atoms with van der Waals surface area (Å²) in [6.07, 6.45) is 1.91. The van der Waals surface area contributed by atoms with Crippen LogP contribution in [0.4, 0.5) is 5.69 Å². The second kappa shape index (κ2) is 8.06. The number of esters is 1. The Labute approximate surface area is 112 Å². The molecule has 0 atom stereocenters. The van der Waals surface area contributed by atoms with E-state index >= 15 is 0 Å². The summed E-state index contributed by atoms with van der Waals surface area (Å²) < 4.78 is 9.66. The van der Waals surface area contributed by atoms with Crippen molar-refractivity contribution in [2.45, 2.75) is 6.42 Å². The first-order valence-corrected chi connectivity index (χ1v) is 5.88. The number of aromatic nitrogens is 1. The second-order valence-corrected chi connectivity index (χ2v) is 3.82. The molecular weight excluding hydrogens is 246 g/mol. The minimum atomic E-state index is -0.260. The first-order valence-electron chi connectivity index (χ1n) is 5.88. The van der Waals surface area contributed by atoms with Gasteiger partial charge in [0.2, 0.25) is 0 Å². The maximum Gasteiger partial charge on any atom is 0.307 e. The molecule has 0 N–H and O–H groups in total. The number of hydrogen-bond donors (Lipinski definition) is 0. The van der Waals surface area contributed by atoms with Gasteiger partial charge in [-0.05, 0) is 12.1 Å². The molecule has 102 valence electrons. The Hall–Kier alpha value is -2.13. The van der Waals surface area contributed by atoms with Gasteiger partial charge in [-0.2, -0.15) is 5.26 Å². The molecule has 0 spiro atoms. The molecule has 0 aliphatic carbocycles. The maximum absolute atomic E-state index is 11.2. The van der Waals surface area contributed by atoms with Crippen LogP contribution in [0.25, 0.3) is 0 Å². The number of anilines is 1. The number of pyridine rings is 1. The van der Waals surface area contributed by atoms with Crippen LogP contribution < -0.4 is 4.90 Å². The summed E-state index contributed by atoms with van der Waals surface area (Å²) in [4.78, 5) is 17.2. The summed E-state index contributed by atoms with van der Waals surface area (Å²) in [6, 6.07) is 5.42. The normalized spacial score (nSPS) is 9.74. The lowest BCUT2D eigenvalue weighted by molar-refractivity contribution is -0.140. The summed E-state index contributed by atoms with van der Waals surface area (Å²) in [7, 11) is 2.99. The van der Waals surface area contributed by atoms with Crippen molar-refractivity contribution in [1.29, 1.82) is 5.26 Å². The number of carbonyl (C=O) groups excluding carboxylic acids is 1. The van der Waals surface area contributed by atoms with Gasteiger partial charge in [-0.15, -0.1) is 0 Å². The lowest BCUT2D eigenvalue weighted by atomic mass is 10.3. The van der Waals surface area contributed by atoms with Gasteiger partial charge in [-0.1, -0.05) is 0 Å². The van der Waals surface area contributed by atoms with E-state index < -0.39 is 0 Å². The van der Waals surface area contributed by atoms with Gasteiger partial charge in [0.1, 0.15) is 11.8 Å². The molecule has 0 aliphatic heterocycles. The molecule has 6 heteroatoms. The third kappa shape index (κ3) is 4.94. The van der Waals surface area contributed by atoms with Crippen LogP contribution >= 0.6 is 0 Å². The van der Waals surface area contributed by atoms with Gasteiger partial charge in [-0.25, -0.2) is 4.98 Å². The molecule has 1 rings (SSSR count). The fourth-order valence-electron chi connectivity index (χ4n) is 1.54. The predicted octanol–water partition coefficient (Wildman–Crippen LogP) is 0.969. The standard InChI is InChI=1S/C13H17N3O3/c1-18-8-7-16(6-5-13(17)19-2)12-4-3-11(9-14)15-10-12/h3-4,10H,5-8H2,1-2H3. The van der Waals surface area contributed by atoms with Crippen LogP contribution in [0.3, 0.4) is 0 Å². The van der Waals surface area contributed by atoms with Crippen LogP contribution in [0.2, 0.25) is 0 Å². The smallest absolute Gasteiger partial charge is 0.307 e. The van der Waals surface area contributed by atoms with Crippen LogP contribution in [-0.4, -0.2) is 44.9 Å². The molecule has 0 unspecified atom stereocenters. The van der Waals surface area contributed by atoms with Gasteiger partial charge >= 0.3 is 5.97 Å². The summed E-state index contributed by atoms with van der Waals surface area (Å²) in [5.41, 5.74) is 1.21. The highest BCUT2D eigenvalue weighted by atomic mass is 16.5. The van der Waals surface area contributed by atoms with Crippen molar-refractivity contribution in [3.05, 3.63) is 24.0 Å². The zero-order valence-corrected chi connectivity index (χ0v) is 11.1. The Morgan fingerprint density at radius 1 is 1.42 bits per heavy atom. The topological polar surface area (TPSA) is 75.4 Å². The lowest BCUT2D eigenvalue weighted by Gasteiger charge is -2.23. The molecule has 1 aromatic rings. The molecule has 0 saturated carbocycles. The van der Waals surface area contributed by atoms with Crippen LogP contribution in [-0.2, 0) is 14.3 Å². The zero-order chi connectivity index (χ0) is 14.1. The number of carbonyl (C=O) groups is 1. The van der Waals surface area contributed by atoms with E-state index in [0.29, 0.717) is 31.8 Å². The van der Waals surface area contributed by atoms with Crippen molar-refractivity contribution in [3.63, 3.8) is 0 Å². The maximum atomic E-state index is 11.2. The fraction of sp³-hybridized carbons (Fsp3) is 0.462. The number of ether oxygens (including phenoxy) is 2. The Morgan fingerprint density at radius 2 is 2.21 bits per heavy atom. The summed E-state index contributed by atoms with van der Waals surface area (Å²) in [5, 5.41) is 8.71. The van der Waals surface area contributed by atoms with Crippen molar-refractivity contribution in [2.24, 2.45) is 0 Å². The van der Waals surface area contributed by atoms with E-state index in [-0.39, 0.29) is 5.97 Å². The molecule has 1 heterocycles. The summed E-state index contributed by atoms with van der Waals surface area (Å²) in [5.74, 6) is -0.260. The first kappa shape index (κ1) is 14.9. The molecule has 0 aromatic carbocycles. The number of rotatable bonds is 7. The van der Waals surface area contributed by atoms with E-state index in [1.54, 1.807) is 25.4 Å². The number of nitriles is 1. The largest absolute Gasteiger partial charge is 0.469 e. The van der Waals surface area contributed by atoms with Crippen LogP contribution in [0.5, 0.6) is 0 Å². The Bertz CT molecular complexity index is 439. The average Bonchev–Trinajstić information content (AvgIpc) is 2.47. The molecule has 0 radical (unpaired) electrons.